The van der Waals surface area contributed by atoms with Crippen molar-refractivity contribution in [3.63, 3.8) is 0 Å². The molecule has 0 aliphatic rings. The first-order valence-electron chi connectivity index (χ1n) is 5.02. The van der Waals surface area contributed by atoms with Gasteiger partial charge in [0.05, 0.1) is 16.4 Å². The minimum atomic E-state index is -4.02. The van der Waals surface area contributed by atoms with Crippen LogP contribution < -0.4 is 15.8 Å². The van der Waals surface area contributed by atoms with Gasteiger partial charge in [0.1, 0.15) is 5.69 Å². The molecule has 0 saturated heterocycles. The Kier molecular flexibility index (Phi) is 4.40. The summed E-state index contributed by atoms with van der Waals surface area (Å²) in [5.41, 5.74) is 4.61. The van der Waals surface area contributed by atoms with Crippen molar-refractivity contribution >= 4 is 27.3 Å². The topological polar surface area (TPSA) is 144 Å². The summed E-state index contributed by atoms with van der Waals surface area (Å²) in [4.78, 5) is 20.3. The molecule has 1 amide bonds. The summed E-state index contributed by atoms with van der Waals surface area (Å²) >= 11 is 0. The molecule has 0 heterocycles. The van der Waals surface area contributed by atoms with Gasteiger partial charge in [0.2, 0.25) is 15.9 Å². The Morgan fingerprint density at radius 2 is 2.11 bits per heavy atom. The summed E-state index contributed by atoms with van der Waals surface area (Å²) in [6.07, 6.45) is 0. The van der Waals surface area contributed by atoms with Crippen LogP contribution in [0, 0.1) is 10.1 Å². The van der Waals surface area contributed by atoms with Crippen molar-refractivity contribution in [1.82, 2.24) is 4.72 Å². The van der Waals surface area contributed by atoms with Crippen molar-refractivity contribution in [2.45, 2.75) is 4.90 Å². The minimum Gasteiger partial charge on any atom is -0.383 e. The first kappa shape index (κ1) is 14.9. The standard InChI is InChI=1S/C9H12N4O5S/c1-11-7-3-2-6(4-8(7)13(15)16)19(17,18)12-5-9(10)14/h2-4,11-12H,5H2,1H3,(H2,10,14). The Labute approximate surface area is 109 Å². The third-order valence-corrected chi connectivity index (χ3v) is 3.58. The van der Waals surface area contributed by atoms with Crippen molar-refractivity contribution in [3.05, 3.63) is 28.3 Å². The number of benzene rings is 1. The van der Waals surface area contributed by atoms with Crippen LogP contribution in [0.1, 0.15) is 0 Å². The summed E-state index contributed by atoms with van der Waals surface area (Å²) in [5.74, 6) is -0.857. The molecule has 0 aromatic heterocycles. The highest BCUT2D eigenvalue weighted by Gasteiger charge is 2.21. The first-order valence-corrected chi connectivity index (χ1v) is 6.50. The Morgan fingerprint density at radius 1 is 1.47 bits per heavy atom. The fraction of sp³-hybridized carbons (Fsp3) is 0.222. The number of sulfonamides is 1. The van der Waals surface area contributed by atoms with E-state index < -0.39 is 27.4 Å². The highest BCUT2D eigenvalue weighted by molar-refractivity contribution is 7.89. The number of hydrogen-bond donors (Lipinski definition) is 3. The molecule has 0 bridgehead atoms. The zero-order valence-corrected chi connectivity index (χ0v) is 10.7. The van der Waals surface area contributed by atoms with Crippen molar-refractivity contribution in [2.24, 2.45) is 5.73 Å². The Hall–Kier alpha value is -2.20. The van der Waals surface area contributed by atoms with Gasteiger partial charge in [0, 0.05) is 13.1 Å². The maximum absolute atomic E-state index is 11.7. The van der Waals surface area contributed by atoms with Gasteiger partial charge < -0.3 is 11.1 Å². The molecule has 10 heteroatoms. The third kappa shape index (κ3) is 3.63. The van der Waals surface area contributed by atoms with E-state index in [-0.39, 0.29) is 16.3 Å². The molecular formula is C9H12N4O5S. The molecule has 0 saturated carbocycles. The van der Waals surface area contributed by atoms with E-state index in [1.54, 1.807) is 0 Å². The SMILES string of the molecule is CNc1ccc(S(=O)(=O)NCC(N)=O)cc1[N+](=O)[O-]. The van der Waals surface area contributed by atoms with Crippen LogP contribution in [-0.4, -0.2) is 32.8 Å². The number of hydrogen-bond acceptors (Lipinski definition) is 6. The van der Waals surface area contributed by atoms with Crippen molar-refractivity contribution < 1.29 is 18.1 Å². The lowest BCUT2D eigenvalue weighted by Gasteiger charge is -2.07. The Balaban J connectivity index is 3.18. The van der Waals surface area contributed by atoms with E-state index in [0.29, 0.717) is 0 Å². The molecule has 1 rings (SSSR count). The van der Waals surface area contributed by atoms with E-state index in [2.05, 4.69) is 5.32 Å². The van der Waals surface area contributed by atoms with Crippen LogP contribution in [0.15, 0.2) is 23.1 Å². The Bertz CT molecular complexity index is 613. The van der Waals surface area contributed by atoms with Crippen LogP contribution in [0.5, 0.6) is 0 Å². The molecule has 1 aromatic rings. The van der Waals surface area contributed by atoms with Crippen LogP contribution in [0.2, 0.25) is 0 Å². The van der Waals surface area contributed by atoms with E-state index in [1.165, 1.54) is 19.2 Å². The molecular weight excluding hydrogens is 276 g/mol. The number of nitro benzene ring substituents is 1. The average molecular weight is 288 g/mol. The highest BCUT2D eigenvalue weighted by atomic mass is 32.2. The van der Waals surface area contributed by atoms with Crippen LogP contribution in [0.4, 0.5) is 11.4 Å². The number of anilines is 1. The fourth-order valence-corrected chi connectivity index (χ4v) is 2.30. The molecule has 0 aliphatic heterocycles. The maximum atomic E-state index is 11.7. The number of nitrogens with zero attached hydrogens (tertiary/aromatic N) is 1. The molecule has 104 valence electrons. The molecule has 0 radical (unpaired) electrons. The van der Waals surface area contributed by atoms with Gasteiger partial charge in [-0.05, 0) is 12.1 Å². The summed E-state index contributed by atoms with van der Waals surface area (Å²) in [7, 11) is -2.55. The minimum absolute atomic E-state index is 0.179. The monoisotopic (exact) mass is 288 g/mol. The second-order valence-corrected chi connectivity index (χ2v) is 5.24. The molecule has 1 aromatic carbocycles. The van der Waals surface area contributed by atoms with Crippen LogP contribution in [-0.2, 0) is 14.8 Å². The highest BCUT2D eigenvalue weighted by Crippen LogP contribution is 2.26. The fourth-order valence-electron chi connectivity index (χ4n) is 1.29. The lowest BCUT2D eigenvalue weighted by molar-refractivity contribution is -0.384. The number of nitrogens with one attached hydrogen (secondary N) is 2. The Morgan fingerprint density at radius 3 is 2.58 bits per heavy atom. The average Bonchev–Trinajstić information content (AvgIpc) is 2.35. The zero-order valence-electron chi connectivity index (χ0n) is 9.91. The lowest BCUT2D eigenvalue weighted by atomic mass is 10.3. The number of nitro groups is 1. The van der Waals surface area contributed by atoms with Gasteiger partial charge in [-0.15, -0.1) is 0 Å². The smallest absolute Gasteiger partial charge is 0.293 e. The van der Waals surface area contributed by atoms with E-state index >= 15 is 0 Å². The predicted octanol–water partition coefficient (Wildman–Crippen LogP) is -0.600. The maximum Gasteiger partial charge on any atom is 0.293 e. The number of primary amides is 1. The predicted molar refractivity (Wildman–Crippen MR) is 67.0 cm³/mol. The van der Waals surface area contributed by atoms with Gasteiger partial charge in [-0.2, -0.15) is 0 Å². The molecule has 0 fully saturated rings. The summed E-state index contributed by atoms with van der Waals surface area (Å²) < 4.78 is 25.4. The van der Waals surface area contributed by atoms with Gasteiger partial charge >= 0.3 is 0 Å². The van der Waals surface area contributed by atoms with Gasteiger partial charge in [-0.25, -0.2) is 13.1 Å². The van der Waals surface area contributed by atoms with Crippen LogP contribution in [0.3, 0.4) is 0 Å². The van der Waals surface area contributed by atoms with E-state index in [4.69, 9.17) is 5.73 Å². The normalized spacial score (nSPS) is 11.0. The number of nitrogens with two attached hydrogens (primary N) is 1. The van der Waals surface area contributed by atoms with Gasteiger partial charge in [-0.1, -0.05) is 0 Å². The quantitative estimate of drug-likeness (QED) is 0.471. The number of carbonyl (C=O) groups excluding carboxylic acids is 1. The molecule has 0 spiro atoms. The molecule has 4 N–H and O–H groups in total. The molecule has 0 unspecified atom stereocenters. The van der Waals surface area contributed by atoms with E-state index in [9.17, 15) is 23.3 Å². The summed E-state index contributed by atoms with van der Waals surface area (Å²) in [6.45, 7) is -0.579. The second kappa shape index (κ2) is 5.63. The number of rotatable bonds is 6. The molecule has 9 nitrogen and oxygen atoms in total. The van der Waals surface area contributed by atoms with Crippen molar-refractivity contribution in [3.8, 4) is 0 Å². The second-order valence-electron chi connectivity index (χ2n) is 3.48. The lowest BCUT2D eigenvalue weighted by Crippen LogP contribution is -2.33. The third-order valence-electron chi connectivity index (χ3n) is 2.18. The van der Waals surface area contributed by atoms with Crippen molar-refractivity contribution in [1.29, 1.82) is 0 Å². The van der Waals surface area contributed by atoms with E-state index in [0.717, 1.165) is 6.07 Å². The van der Waals surface area contributed by atoms with Gasteiger partial charge in [-0.3, -0.25) is 14.9 Å². The summed E-state index contributed by atoms with van der Waals surface area (Å²) in [6, 6.07) is 3.34. The number of carbonyl (C=O) groups is 1. The molecule has 0 atom stereocenters. The van der Waals surface area contributed by atoms with E-state index in [1.807, 2.05) is 4.72 Å². The summed E-state index contributed by atoms with van der Waals surface area (Å²) in [5, 5.41) is 13.4. The van der Waals surface area contributed by atoms with Crippen LogP contribution in [0.25, 0.3) is 0 Å². The van der Waals surface area contributed by atoms with Gasteiger partial charge in [0.25, 0.3) is 5.69 Å². The zero-order chi connectivity index (χ0) is 14.6. The van der Waals surface area contributed by atoms with Crippen molar-refractivity contribution in [2.75, 3.05) is 18.9 Å². The largest absolute Gasteiger partial charge is 0.383 e. The molecule has 0 aliphatic carbocycles. The number of amides is 1. The first-order chi connectivity index (χ1) is 8.77. The van der Waals surface area contributed by atoms with Gasteiger partial charge in [0.15, 0.2) is 0 Å². The van der Waals surface area contributed by atoms with Crippen LogP contribution >= 0.6 is 0 Å². The molecule has 19 heavy (non-hydrogen) atoms.